The van der Waals surface area contributed by atoms with Gasteiger partial charge < -0.3 is 20.1 Å². The molecule has 1 saturated heterocycles. The van der Waals surface area contributed by atoms with E-state index < -0.39 is 5.92 Å². The van der Waals surface area contributed by atoms with Crippen molar-refractivity contribution in [1.29, 1.82) is 0 Å². The van der Waals surface area contributed by atoms with Crippen LogP contribution in [0.2, 0.25) is 0 Å². The van der Waals surface area contributed by atoms with Gasteiger partial charge in [0, 0.05) is 31.9 Å². The highest BCUT2D eigenvalue weighted by Gasteiger charge is 2.35. The van der Waals surface area contributed by atoms with E-state index in [-0.39, 0.29) is 30.3 Å². The monoisotopic (exact) mass is 539 g/mol. The van der Waals surface area contributed by atoms with Gasteiger partial charge in [0.05, 0.1) is 11.8 Å². The topological polar surface area (TPSA) is 79.9 Å². The minimum atomic E-state index is -0.402. The lowest BCUT2D eigenvalue weighted by Crippen LogP contribution is -2.48. The van der Waals surface area contributed by atoms with Gasteiger partial charge in [-0.1, -0.05) is 42.5 Å². The van der Waals surface area contributed by atoms with Gasteiger partial charge in [-0.3, -0.25) is 14.5 Å². The Bertz CT molecular complexity index is 1540. The minimum Gasteiger partial charge on any atom is -0.454 e. The summed E-state index contributed by atoms with van der Waals surface area (Å²) in [6.45, 7) is 2.23. The van der Waals surface area contributed by atoms with Crippen molar-refractivity contribution in [2.24, 2.45) is 11.8 Å². The normalized spacial score (nSPS) is 18.4. The fourth-order valence-corrected chi connectivity index (χ4v) is 5.46. The van der Waals surface area contributed by atoms with Crippen LogP contribution in [0.1, 0.15) is 17.5 Å². The van der Waals surface area contributed by atoms with Crippen molar-refractivity contribution < 1.29 is 23.5 Å². The predicted molar refractivity (Wildman–Crippen MR) is 150 cm³/mol. The molecule has 4 aromatic rings. The largest absolute Gasteiger partial charge is 0.454 e. The predicted octanol–water partition coefficient (Wildman–Crippen LogP) is 5.10. The summed E-state index contributed by atoms with van der Waals surface area (Å²) < 4.78 is 24.2. The fraction of sp³-hybridized carbons (Fsp3) is 0.250. The number of piperidine rings is 1. The Morgan fingerprint density at radius 3 is 2.35 bits per heavy atom. The Labute approximate surface area is 231 Å². The lowest BCUT2D eigenvalue weighted by atomic mass is 9.87. The van der Waals surface area contributed by atoms with E-state index in [2.05, 4.69) is 45.9 Å². The number of rotatable bonds is 7. The molecule has 0 radical (unpaired) electrons. The lowest BCUT2D eigenvalue weighted by Gasteiger charge is -2.36. The molecule has 0 saturated carbocycles. The van der Waals surface area contributed by atoms with Gasteiger partial charge in [0.1, 0.15) is 5.82 Å². The second-order valence-electron chi connectivity index (χ2n) is 10.4. The summed E-state index contributed by atoms with van der Waals surface area (Å²) in [6.07, 6.45) is 0.425. The van der Waals surface area contributed by atoms with Gasteiger partial charge in [0.15, 0.2) is 11.5 Å². The minimum absolute atomic E-state index is 0.0968. The zero-order valence-electron chi connectivity index (χ0n) is 21.9. The van der Waals surface area contributed by atoms with Crippen LogP contribution in [-0.4, -0.2) is 36.6 Å². The Morgan fingerprint density at radius 2 is 1.52 bits per heavy atom. The first-order chi connectivity index (χ1) is 19.5. The Balaban J connectivity index is 1.17. The third-order valence-corrected chi connectivity index (χ3v) is 7.50. The van der Waals surface area contributed by atoms with Crippen molar-refractivity contribution in [2.75, 3.05) is 25.2 Å². The third-order valence-electron chi connectivity index (χ3n) is 7.50. The van der Waals surface area contributed by atoms with E-state index in [9.17, 15) is 14.0 Å². The molecular weight excluding hydrogens is 509 g/mol. The summed E-state index contributed by atoms with van der Waals surface area (Å²) in [6, 6.07) is 25.9. The van der Waals surface area contributed by atoms with E-state index in [1.807, 2.05) is 30.3 Å². The molecule has 2 aliphatic rings. The van der Waals surface area contributed by atoms with Crippen LogP contribution in [0.5, 0.6) is 11.5 Å². The molecule has 1 unspecified atom stereocenters. The number of nitrogens with one attached hydrogen (secondary N) is 2. The number of carbonyl (C=O) groups is 2. The van der Waals surface area contributed by atoms with Gasteiger partial charge >= 0.3 is 0 Å². The first-order valence-electron chi connectivity index (χ1n) is 13.4. The second kappa shape index (κ2) is 11.4. The molecule has 1 fully saturated rings. The van der Waals surface area contributed by atoms with Gasteiger partial charge in [0.2, 0.25) is 18.6 Å². The molecule has 0 aromatic heterocycles. The molecule has 0 aliphatic carbocycles. The molecular formula is C32H30FN3O4. The number of halogens is 1. The summed E-state index contributed by atoms with van der Waals surface area (Å²) in [7, 11) is 0. The van der Waals surface area contributed by atoms with Gasteiger partial charge in [-0.2, -0.15) is 0 Å². The van der Waals surface area contributed by atoms with Crippen molar-refractivity contribution >= 4 is 28.3 Å². The summed E-state index contributed by atoms with van der Waals surface area (Å²) in [4.78, 5) is 28.8. The highest BCUT2D eigenvalue weighted by atomic mass is 19.1. The summed E-state index contributed by atoms with van der Waals surface area (Å²) >= 11 is 0. The standard InChI is InChI=1S/C32H30FN3O4/c33-27-8-10-28(11-9-27)35-32(38)26-15-25(31(37)34-16-21-6-12-29-30(14-21)40-20-39-29)18-36(19-26)17-22-5-7-23-3-1-2-4-24(23)13-22/h1-14,25-26H,15-20H2,(H,34,37)(H,35,38)/t25?,26-/m1/s1. The molecule has 0 bridgehead atoms. The maximum absolute atomic E-state index is 13.4. The Kier molecular flexibility index (Phi) is 7.33. The molecule has 6 rings (SSSR count). The molecule has 2 heterocycles. The van der Waals surface area contributed by atoms with Crippen molar-refractivity contribution in [3.8, 4) is 11.5 Å². The van der Waals surface area contributed by atoms with Crippen LogP contribution in [-0.2, 0) is 22.7 Å². The molecule has 2 amide bonds. The number of amides is 2. The van der Waals surface area contributed by atoms with Crippen LogP contribution in [0.15, 0.2) is 84.9 Å². The van der Waals surface area contributed by atoms with Crippen molar-refractivity contribution in [2.45, 2.75) is 19.5 Å². The SMILES string of the molecule is O=C(NCc1ccc2c(c1)OCO2)C1C[C@@H](C(=O)Nc2ccc(F)cc2)CN(Cc2ccc3ccccc3c2)C1. The van der Waals surface area contributed by atoms with Crippen molar-refractivity contribution in [3.63, 3.8) is 0 Å². The van der Waals surface area contributed by atoms with E-state index in [1.54, 1.807) is 12.1 Å². The quantitative estimate of drug-likeness (QED) is 0.342. The zero-order valence-corrected chi connectivity index (χ0v) is 21.9. The molecule has 8 heteroatoms. The first kappa shape index (κ1) is 25.8. The van der Waals surface area contributed by atoms with E-state index in [1.165, 1.54) is 17.5 Å². The van der Waals surface area contributed by atoms with Crippen molar-refractivity contribution in [3.05, 3.63) is 102 Å². The van der Waals surface area contributed by atoms with Crippen LogP contribution < -0.4 is 20.1 Å². The fourth-order valence-electron chi connectivity index (χ4n) is 5.46. The smallest absolute Gasteiger partial charge is 0.231 e. The molecule has 0 spiro atoms. The summed E-state index contributed by atoms with van der Waals surface area (Å²) in [5, 5.41) is 8.27. The number of hydrogen-bond acceptors (Lipinski definition) is 5. The number of carbonyl (C=O) groups excluding carboxylic acids is 2. The number of ether oxygens (including phenoxy) is 2. The summed E-state index contributed by atoms with van der Waals surface area (Å²) in [5.74, 6) is -0.0433. The van der Waals surface area contributed by atoms with Gasteiger partial charge in [0.25, 0.3) is 0 Å². The molecule has 7 nitrogen and oxygen atoms in total. The number of anilines is 1. The van der Waals surface area contributed by atoms with Crippen LogP contribution in [0, 0.1) is 17.7 Å². The Hall–Kier alpha value is -4.43. The third kappa shape index (κ3) is 5.92. The van der Waals surface area contributed by atoms with E-state index in [0.29, 0.717) is 49.8 Å². The first-order valence-corrected chi connectivity index (χ1v) is 13.4. The average molecular weight is 540 g/mol. The number of hydrogen-bond donors (Lipinski definition) is 2. The van der Waals surface area contributed by atoms with Gasteiger partial charge in [-0.15, -0.1) is 0 Å². The Morgan fingerprint density at radius 1 is 0.800 bits per heavy atom. The zero-order chi connectivity index (χ0) is 27.5. The molecule has 4 aromatic carbocycles. The van der Waals surface area contributed by atoms with Crippen LogP contribution >= 0.6 is 0 Å². The van der Waals surface area contributed by atoms with Crippen LogP contribution in [0.3, 0.4) is 0 Å². The molecule has 204 valence electrons. The average Bonchev–Trinajstić information content (AvgIpc) is 3.45. The van der Waals surface area contributed by atoms with E-state index >= 15 is 0 Å². The summed E-state index contributed by atoms with van der Waals surface area (Å²) in [5.41, 5.74) is 2.56. The molecule has 40 heavy (non-hydrogen) atoms. The van der Waals surface area contributed by atoms with Crippen molar-refractivity contribution in [1.82, 2.24) is 10.2 Å². The maximum Gasteiger partial charge on any atom is 0.231 e. The number of likely N-dealkylation sites (tertiary alicyclic amines) is 1. The lowest BCUT2D eigenvalue weighted by molar-refractivity contribution is -0.130. The number of fused-ring (bicyclic) bond motifs is 2. The van der Waals surface area contributed by atoms with E-state index in [0.717, 1.165) is 16.5 Å². The van der Waals surface area contributed by atoms with Gasteiger partial charge in [-0.25, -0.2) is 4.39 Å². The molecule has 2 atom stereocenters. The molecule has 2 N–H and O–H groups in total. The number of benzene rings is 4. The van der Waals surface area contributed by atoms with E-state index in [4.69, 9.17) is 9.47 Å². The highest BCUT2D eigenvalue weighted by molar-refractivity contribution is 5.93. The second-order valence-corrected chi connectivity index (χ2v) is 10.4. The number of nitrogens with zero attached hydrogens (tertiary/aromatic N) is 1. The van der Waals surface area contributed by atoms with Crippen LogP contribution in [0.25, 0.3) is 10.8 Å². The maximum atomic E-state index is 13.4. The van der Waals surface area contributed by atoms with Crippen LogP contribution in [0.4, 0.5) is 10.1 Å². The molecule has 2 aliphatic heterocycles. The van der Waals surface area contributed by atoms with Gasteiger partial charge in [-0.05, 0) is 70.8 Å². The highest BCUT2D eigenvalue weighted by Crippen LogP contribution is 2.32.